The monoisotopic (exact) mass is 1040 g/mol. The number of aromatic nitrogens is 7. The number of carbonyl (C=O) groups excluding carboxylic acids is 3. The van der Waals surface area contributed by atoms with Gasteiger partial charge in [0, 0.05) is 47.5 Å². The lowest BCUT2D eigenvalue weighted by atomic mass is 10.1. The predicted molar refractivity (Wildman–Crippen MR) is 268 cm³/mol. The van der Waals surface area contributed by atoms with Gasteiger partial charge >= 0.3 is 5.97 Å². The highest BCUT2D eigenvalue weighted by molar-refractivity contribution is 6.28. The van der Waals surface area contributed by atoms with Gasteiger partial charge in [0.2, 0.25) is 17.1 Å². The van der Waals surface area contributed by atoms with E-state index >= 15 is 0 Å². The number of methoxy groups -OCH3 is 1. The highest BCUT2D eigenvalue weighted by atomic mass is 35.5. The van der Waals surface area contributed by atoms with Crippen LogP contribution in [-0.4, -0.2) is 98.2 Å². The Bertz CT molecular complexity index is 3120. The predicted octanol–water partition coefficient (Wildman–Crippen LogP) is 7.01. The molecule has 0 bridgehead atoms. The molecular weight excluding hydrogens is 990 g/mol. The van der Waals surface area contributed by atoms with Crippen LogP contribution in [-0.2, 0) is 11.2 Å². The number of nitrogen functional groups attached to an aromatic ring is 2. The summed E-state index contributed by atoms with van der Waals surface area (Å²) in [5.41, 5.74) is 24.1. The van der Waals surface area contributed by atoms with E-state index in [9.17, 15) is 31.9 Å². The average molecular weight is 1040 g/mol. The second-order valence-corrected chi connectivity index (χ2v) is 16.9. The van der Waals surface area contributed by atoms with Crippen LogP contribution < -0.4 is 42.2 Å². The molecule has 0 spiro atoms. The third-order valence-corrected chi connectivity index (χ3v) is 11.0. The maximum Gasteiger partial charge on any atom is 0.339 e. The minimum absolute atomic E-state index is 0.00487. The van der Waals surface area contributed by atoms with Crippen molar-refractivity contribution in [1.29, 1.82) is 0 Å². The fourth-order valence-corrected chi connectivity index (χ4v) is 7.35. The topological polar surface area (TPSA) is 280 Å². The summed E-state index contributed by atoms with van der Waals surface area (Å²) in [6.45, 7) is 10.0. The first-order valence-corrected chi connectivity index (χ1v) is 22.8. The van der Waals surface area contributed by atoms with Gasteiger partial charge in [-0.05, 0) is 100.0 Å². The zero-order chi connectivity index (χ0) is 53.8. The Hall–Kier alpha value is -8.73. The number of nitrogens with two attached hydrogens (primary N) is 4. The minimum atomic E-state index is -0.659. The second-order valence-electron chi connectivity index (χ2n) is 16.6. The number of amides is 2. The fourth-order valence-electron chi connectivity index (χ4n) is 7.22. The van der Waals surface area contributed by atoms with E-state index in [2.05, 4.69) is 39.6 Å². The lowest BCUT2D eigenvalue weighted by molar-refractivity contribution is 0.0600. The number of anilines is 4. The fraction of sp³-hybridized carbons (Fsp3) is 0.240. The first-order valence-electron chi connectivity index (χ1n) is 22.5. The molecule has 7 heterocycles. The Morgan fingerprint density at radius 1 is 0.622 bits per heavy atom. The Balaban J connectivity index is 0.000000179. The molecular formula is C50H50ClF4N13O6. The van der Waals surface area contributed by atoms with Crippen molar-refractivity contribution in [2.75, 3.05) is 54.7 Å². The number of pyridine rings is 3. The Labute approximate surface area is 426 Å². The molecule has 0 radical (unpaired) electrons. The van der Waals surface area contributed by atoms with Crippen LogP contribution in [0.25, 0.3) is 22.5 Å². The van der Waals surface area contributed by atoms with Crippen molar-refractivity contribution in [2.45, 2.75) is 46.2 Å². The zero-order valence-corrected chi connectivity index (χ0v) is 41.3. The molecule has 8 N–H and O–H groups in total. The maximum absolute atomic E-state index is 14.8. The van der Waals surface area contributed by atoms with E-state index in [-0.39, 0.29) is 52.2 Å². The highest BCUT2D eigenvalue weighted by Crippen LogP contribution is 2.41. The highest BCUT2D eigenvalue weighted by Gasteiger charge is 2.27. The van der Waals surface area contributed by atoms with Gasteiger partial charge < -0.3 is 46.9 Å². The maximum atomic E-state index is 14.8. The van der Waals surface area contributed by atoms with Crippen LogP contribution in [0.15, 0.2) is 91.6 Å². The van der Waals surface area contributed by atoms with Crippen LogP contribution in [0.2, 0.25) is 5.28 Å². The Morgan fingerprint density at radius 2 is 1.08 bits per heavy atom. The first kappa shape index (κ1) is 54.6. The van der Waals surface area contributed by atoms with Crippen molar-refractivity contribution in [3.8, 4) is 34.0 Å². The van der Waals surface area contributed by atoms with Crippen molar-refractivity contribution in [2.24, 2.45) is 11.5 Å². The van der Waals surface area contributed by atoms with Crippen LogP contribution in [0.3, 0.4) is 0 Å². The Kier molecular flexibility index (Phi) is 18.1. The summed E-state index contributed by atoms with van der Waals surface area (Å²) >= 11 is 5.71. The number of benzene rings is 2. The van der Waals surface area contributed by atoms with E-state index in [1.54, 1.807) is 36.4 Å². The number of rotatable bonds is 9. The molecule has 7 aromatic rings. The van der Waals surface area contributed by atoms with Crippen LogP contribution in [0.1, 0.15) is 70.3 Å². The van der Waals surface area contributed by atoms with Crippen molar-refractivity contribution < 1.29 is 46.2 Å². The summed E-state index contributed by atoms with van der Waals surface area (Å²) in [4.78, 5) is 63.8. The summed E-state index contributed by atoms with van der Waals surface area (Å²) < 4.78 is 73.0. The van der Waals surface area contributed by atoms with Crippen LogP contribution in [0.4, 0.5) is 40.6 Å². The van der Waals surface area contributed by atoms with E-state index < -0.39 is 41.1 Å². The largest absolute Gasteiger partial charge is 0.486 e. The van der Waals surface area contributed by atoms with E-state index in [0.717, 1.165) is 12.4 Å². The molecule has 74 heavy (non-hydrogen) atoms. The number of primary amides is 2. The van der Waals surface area contributed by atoms with Gasteiger partial charge in [-0.2, -0.15) is 0 Å². The van der Waals surface area contributed by atoms with Crippen molar-refractivity contribution in [3.63, 3.8) is 0 Å². The number of nitrogens with zero attached hydrogens (tertiary/aromatic N) is 9. The molecule has 24 heteroatoms. The number of esters is 1. The standard InChI is InChI=1S/C22H21F2N5O2.C15H14ClF2N3O.C7H8N2O2.C6H7N3O/c1-12(2)29-5-6-31-21-16(23)7-14(8-18(21)29)20-17(24)11-27-19(28-20)9-15-4-3-13(10-26-15)22(25)30;1-8(2)21-3-4-22-14-10(17)5-9(6-12(14)21)13-11(18)7-19-15(16)20-13;1-11-7(10)5-2-3-6(8)9-4-5;7-5-2-1-4(3-9-5)6(8)10/h3-4,7-8,10-12H,5-6,9H2,1-2H3,(H2,25,30);5-8H,3-4H2,1-2H3;2-4H,1H3,(H2,8,9);1-3H,(H2,7,9)(H2,8,10). The van der Waals surface area contributed by atoms with Gasteiger partial charge in [0.15, 0.2) is 34.8 Å². The summed E-state index contributed by atoms with van der Waals surface area (Å²) in [5, 5.41) is -0.0912. The zero-order valence-electron chi connectivity index (χ0n) is 40.5. The van der Waals surface area contributed by atoms with Crippen LogP contribution >= 0.6 is 11.6 Å². The smallest absolute Gasteiger partial charge is 0.339 e. The molecule has 2 aromatic carbocycles. The number of hydrogen-bond acceptors (Lipinski definition) is 17. The van der Waals surface area contributed by atoms with Gasteiger partial charge in [0.05, 0.1) is 67.1 Å². The SMILES string of the molecule is CC(C)N1CCOc2c(F)cc(-c3nc(Cc4ccc(C(N)=O)cn4)ncc3F)cc21.CC(C)N1CCOc2c(F)cc(-c3nc(Cl)ncc3F)cc21.COC(=O)c1ccc(N)nc1.NC(=O)c1ccc(N)nc1. The third-order valence-electron chi connectivity index (χ3n) is 10.9. The van der Waals surface area contributed by atoms with Gasteiger partial charge in [-0.1, -0.05) is 0 Å². The lowest BCUT2D eigenvalue weighted by Crippen LogP contribution is -2.38. The van der Waals surface area contributed by atoms with Crippen LogP contribution in [0, 0.1) is 23.3 Å². The average Bonchev–Trinajstić information content (AvgIpc) is 3.38. The molecule has 2 aliphatic heterocycles. The summed E-state index contributed by atoms with van der Waals surface area (Å²) in [7, 11) is 1.32. The molecule has 9 rings (SSSR count). The molecule has 2 aliphatic rings. The van der Waals surface area contributed by atoms with Gasteiger partial charge in [0.1, 0.15) is 42.1 Å². The van der Waals surface area contributed by atoms with Crippen molar-refractivity contribution >= 4 is 52.4 Å². The third kappa shape index (κ3) is 13.8. The van der Waals surface area contributed by atoms with Gasteiger partial charge in [-0.25, -0.2) is 52.3 Å². The molecule has 0 aliphatic carbocycles. The molecule has 386 valence electrons. The molecule has 0 saturated carbocycles. The lowest BCUT2D eigenvalue weighted by Gasteiger charge is -2.34. The van der Waals surface area contributed by atoms with Gasteiger partial charge in [0.25, 0.3) is 0 Å². The second kappa shape index (κ2) is 24.6. The number of halogens is 5. The quantitative estimate of drug-likeness (QED) is 0.0643. The molecule has 2 amide bonds. The van der Waals surface area contributed by atoms with E-state index in [0.29, 0.717) is 83.1 Å². The minimum Gasteiger partial charge on any atom is -0.486 e. The van der Waals surface area contributed by atoms with Crippen molar-refractivity contribution in [3.05, 3.63) is 148 Å². The summed E-state index contributed by atoms with van der Waals surface area (Å²) in [6.07, 6.45) is 6.32. The molecule has 0 atom stereocenters. The van der Waals surface area contributed by atoms with E-state index in [1.165, 1.54) is 50.0 Å². The summed E-state index contributed by atoms with van der Waals surface area (Å²) in [5.74, 6) is -2.48. The number of ether oxygens (including phenoxy) is 3. The van der Waals surface area contributed by atoms with Gasteiger partial charge in [-0.15, -0.1) is 0 Å². The van der Waals surface area contributed by atoms with E-state index in [1.807, 2.05) is 37.5 Å². The van der Waals surface area contributed by atoms with Crippen molar-refractivity contribution in [1.82, 2.24) is 34.9 Å². The molecule has 19 nitrogen and oxygen atoms in total. The van der Waals surface area contributed by atoms with Gasteiger partial charge in [-0.3, -0.25) is 14.6 Å². The molecule has 5 aromatic heterocycles. The normalized spacial score (nSPS) is 12.3. The number of carbonyl (C=O) groups is 3. The number of fused-ring (bicyclic) bond motifs is 2. The van der Waals surface area contributed by atoms with Crippen LogP contribution in [0.5, 0.6) is 11.5 Å². The summed E-state index contributed by atoms with van der Waals surface area (Å²) in [6, 6.07) is 15.4. The Morgan fingerprint density at radius 3 is 1.51 bits per heavy atom. The van der Waals surface area contributed by atoms with E-state index in [4.69, 9.17) is 44.0 Å². The molecule has 0 unspecified atom stereocenters. The molecule has 0 fully saturated rings. The number of hydrogen-bond donors (Lipinski definition) is 4. The molecule has 0 saturated heterocycles. The first-order chi connectivity index (χ1) is 35.2.